The monoisotopic (exact) mass is 394 g/mol. The molecule has 6 heteroatoms. The van der Waals surface area contributed by atoms with Crippen LogP contribution in [0, 0.1) is 5.82 Å². The lowest BCUT2D eigenvalue weighted by Crippen LogP contribution is -2.19. The van der Waals surface area contributed by atoms with Crippen LogP contribution in [0.4, 0.5) is 4.39 Å². The molecule has 4 nitrogen and oxygen atoms in total. The van der Waals surface area contributed by atoms with Crippen molar-refractivity contribution < 1.29 is 13.9 Å². The van der Waals surface area contributed by atoms with Crippen molar-refractivity contribution in [3.05, 3.63) is 76.8 Å². The molecule has 0 aliphatic heterocycles. The summed E-state index contributed by atoms with van der Waals surface area (Å²) in [6, 6.07) is 17.9. The highest BCUT2D eigenvalue weighted by molar-refractivity contribution is 7.17. The number of benzene rings is 3. The van der Waals surface area contributed by atoms with E-state index < -0.39 is 11.7 Å². The molecule has 0 aliphatic rings. The van der Waals surface area contributed by atoms with Gasteiger partial charge in [0.2, 0.25) is 0 Å². The van der Waals surface area contributed by atoms with Gasteiger partial charge in [0.25, 0.3) is 5.91 Å². The molecule has 4 rings (SSSR count). The largest absolute Gasteiger partial charge is 0.380 e. The molecule has 3 aromatic carbocycles. The second-order valence-electron chi connectivity index (χ2n) is 6.30. The molecular weight excluding hydrogens is 375 g/mol. The maximum Gasteiger partial charge on any atom is 0.279 e. The first-order valence-electron chi connectivity index (χ1n) is 9.11. The van der Waals surface area contributed by atoms with Crippen molar-refractivity contribution in [1.82, 2.24) is 4.57 Å². The Kier molecular flexibility index (Phi) is 5.32. The summed E-state index contributed by atoms with van der Waals surface area (Å²) >= 11 is 1.46. The number of amides is 1. The van der Waals surface area contributed by atoms with E-state index in [0.29, 0.717) is 24.6 Å². The summed E-state index contributed by atoms with van der Waals surface area (Å²) in [5.74, 6) is -0.909. The van der Waals surface area contributed by atoms with Crippen molar-refractivity contribution in [3.8, 4) is 0 Å². The predicted octanol–water partition coefficient (Wildman–Crippen LogP) is 4.77. The molecule has 0 spiro atoms. The molecule has 0 unspecified atom stereocenters. The van der Waals surface area contributed by atoms with Crippen molar-refractivity contribution in [2.45, 2.75) is 13.5 Å². The molecule has 142 valence electrons. The van der Waals surface area contributed by atoms with E-state index in [1.807, 2.05) is 29.7 Å². The normalized spacial score (nSPS) is 12.1. The van der Waals surface area contributed by atoms with Gasteiger partial charge < -0.3 is 9.30 Å². The predicted molar refractivity (Wildman–Crippen MR) is 110 cm³/mol. The molecule has 1 heterocycles. The highest BCUT2D eigenvalue weighted by Gasteiger charge is 2.12. The van der Waals surface area contributed by atoms with Crippen molar-refractivity contribution in [1.29, 1.82) is 0 Å². The summed E-state index contributed by atoms with van der Waals surface area (Å²) in [6.07, 6.45) is 0. The second kappa shape index (κ2) is 8.04. The number of rotatable bonds is 5. The summed E-state index contributed by atoms with van der Waals surface area (Å²) in [7, 11) is 0. The smallest absolute Gasteiger partial charge is 0.279 e. The Balaban J connectivity index is 1.89. The number of thiazole rings is 1. The van der Waals surface area contributed by atoms with Crippen LogP contribution in [0.5, 0.6) is 0 Å². The van der Waals surface area contributed by atoms with E-state index in [1.54, 1.807) is 6.07 Å². The third-order valence-corrected chi connectivity index (χ3v) is 5.63. The van der Waals surface area contributed by atoms with Crippen LogP contribution in [-0.4, -0.2) is 23.7 Å². The minimum absolute atomic E-state index is 0.235. The molecule has 0 saturated carbocycles. The maximum atomic E-state index is 13.5. The molecule has 0 atom stereocenters. The van der Waals surface area contributed by atoms with Crippen LogP contribution in [0.1, 0.15) is 17.3 Å². The Labute approximate surface area is 165 Å². The van der Waals surface area contributed by atoms with Crippen LogP contribution in [-0.2, 0) is 11.3 Å². The van der Waals surface area contributed by atoms with Gasteiger partial charge in [-0.1, -0.05) is 47.7 Å². The lowest BCUT2D eigenvalue weighted by Gasteiger charge is -2.06. The van der Waals surface area contributed by atoms with Crippen molar-refractivity contribution >= 4 is 38.2 Å². The van der Waals surface area contributed by atoms with Crippen molar-refractivity contribution in [2.75, 3.05) is 13.2 Å². The first kappa shape index (κ1) is 18.5. The molecule has 0 N–H and O–H groups in total. The molecule has 1 aromatic heterocycles. The second-order valence-corrected chi connectivity index (χ2v) is 7.27. The van der Waals surface area contributed by atoms with Crippen molar-refractivity contribution in [3.63, 3.8) is 0 Å². The van der Waals surface area contributed by atoms with Gasteiger partial charge in [0, 0.05) is 24.1 Å². The number of ether oxygens (including phenoxy) is 1. The van der Waals surface area contributed by atoms with Gasteiger partial charge in [-0.15, -0.1) is 0 Å². The van der Waals surface area contributed by atoms with Gasteiger partial charge >= 0.3 is 0 Å². The third kappa shape index (κ3) is 3.61. The molecule has 0 aliphatic carbocycles. The van der Waals surface area contributed by atoms with Crippen LogP contribution >= 0.6 is 11.3 Å². The Bertz CT molecular complexity index is 1230. The van der Waals surface area contributed by atoms with Crippen LogP contribution < -0.4 is 4.80 Å². The van der Waals surface area contributed by atoms with Gasteiger partial charge in [0.05, 0.1) is 16.8 Å². The van der Waals surface area contributed by atoms with E-state index in [4.69, 9.17) is 4.74 Å². The highest BCUT2D eigenvalue weighted by Crippen LogP contribution is 2.27. The topological polar surface area (TPSA) is 43.6 Å². The molecule has 0 bridgehead atoms. The number of nitrogens with zero attached hydrogens (tertiary/aromatic N) is 2. The third-order valence-electron chi connectivity index (χ3n) is 4.51. The van der Waals surface area contributed by atoms with Gasteiger partial charge in [-0.3, -0.25) is 4.79 Å². The highest BCUT2D eigenvalue weighted by atomic mass is 32.1. The summed E-state index contributed by atoms with van der Waals surface area (Å²) in [6.45, 7) is 3.68. The molecule has 4 aromatic rings. The van der Waals surface area contributed by atoms with Crippen molar-refractivity contribution in [2.24, 2.45) is 4.99 Å². The van der Waals surface area contributed by atoms with Crippen LogP contribution in [0.3, 0.4) is 0 Å². The fourth-order valence-corrected chi connectivity index (χ4v) is 4.36. The fraction of sp³-hybridized carbons (Fsp3) is 0.182. The van der Waals surface area contributed by atoms with Crippen LogP contribution in [0.2, 0.25) is 0 Å². The quantitative estimate of drug-likeness (QED) is 0.458. The minimum atomic E-state index is -0.458. The maximum absolute atomic E-state index is 13.5. The first-order chi connectivity index (χ1) is 13.7. The number of aromatic nitrogens is 1. The van der Waals surface area contributed by atoms with Crippen LogP contribution in [0.15, 0.2) is 65.7 Å². The summed E-state index contributed by atoms with van der Waals surface area (Å²) < 4.78 is 22.1. The molecule has 0 fully saturated rings. The molecule has 28 heavy (non-hydrogen) atoms. The average Bonchev–Trinajstić information content (AvgIpc) is 3.06. The van der Waals surface area contributed by atoms with Gasteiger partial charge in [-0.2, -0.15) is 4.99 Å². The number of hydrogen-bond acceptors (Lipinski definition) is 3. The Hall–Kier alpha value is -2.83. The summed E-state index contributed by atoms with van der Waals surface area (Å²) in [5.41, 5.74) is 1.24. The fourth-order valence-electron chi connectivity index (χ4n) is 3.17. The summed E-state index contributed by atoms with van der Waals surface area (Å²) in [4.78, 5) is 17.5. The number of hydrogen-bond donors (Lipinski definition) is 0. The van der Waals surface area contributed by atoms with E-state index in [2.05, 4.69) is 23.2 Å². The van der Waals surface area contributed by atoms with E-state index >= 15 is 0 Å². The number of carbonyl (C=O) groups excluding carboxylic acids is 1. The average molecular weight is 394 g/mol. The zero-order chi connectivity index (χ0) is 19.5. The molecular formula is C22H19FN2O2S. The van der Waals surface area contributed by atoms with Gasteiger partial charge in [0.1, 0.15) is 5.82 Å². The van der Waals surface area contributed by atoms with E-state index in [-0.39, 0.29) is 5.56 Å². The zero-order valence-corrected chi connectivity index (χ0v) is 16.2. The summed E-state index contributed by atoms with van der Waals surface area (Å²) in [5, 5.41) is 2.26. The Morgan fingerprint density at radius 1 is 1.14 bits per heavy atom. The first-order valence-corrected chi connectivity index (χ1v) is 9.92. The lowest BCUT2D eigenvalue weighted by molar-refractivity contribution is 0.0996. The Morgan fingerprint density at radius 2 is 2.00 bits per heavy atom. The van der Waals surface area contributed by atoms with E-state index in [1.165, 1.54) is 29.5 Å². The van der Waals surface area contributed by atoms with E-state index in [0.717, 1.165) is 21.0 Å². The number of carbonyl (C=O) groups is 1. The molecule has 1 amide bonds. The standard InChI is InChI=1S/C22H19FN2O2S/c1-2-27-13-12-25-19-11-10-15-6-3-4-9-18(15)20(19)28-22(25)24-21(26)16-7-5-8-17(23)14-16/h3-11,14H,2,12-13H2,1H3. The molecule has 0 radical (unpaired) electrons. The number of halogens is 1. The lowest BCUT2D eigenvalue weighted by atomic mass is 10.1. The number of fused-ring (bicyclic) bond motifs is 3. The Morgan fingerprint density at radius 3 is 2.82 bits per heavy atom. The van der Waals surface area contributed by atoms with Gasteiger partial charge in [-0.05, 0) is 36.6 Å². The van der Waals surface area contributed by atoms with Gasteiger partial charge in [-0.25, -0.2) is 4.39 Å². The van der Waals surface area contributed by atoms with Gasteiger partial charge in [0.15, 0.2) is 4.80 Å². The minimum Gasteiger partial charge on any atom is -0.380 e. The molecule has 0 saturated heterocycles. The van der Waals surface area contributed by atoms with E-state index in [9.17, 15) is 9.18 Å². The zero-order valence-electron chi connectivity index (χ0n) is 15.4. The van der Waals surface area contributed by atoms with Crippen LogP contribution in [0.25, 0.3) is 21.0 Å². The SMILES string of the molecule is CCOCCn1c(=NC(=O)c2cccc(F)c2)sc2c3ccccc3ccc21.